The topological polar surface area (TPSA) is 70.0 Å². The van der Waals surface area contributed by atoms with E-state index in [9.17, 15) is 14.0 Å². The molecule has 1 atom stereocenters. The zero-order valence-corrected chi connectivity index (χ0v) is 14.0. The van der Waals surface area contributed by atoms with Gasteiger partial charge < -0.3 is 5.32 Å². The van der Waals surface area contributed by atoms with Gasteiger partial charge in [0.05, 0.1) is 6.07 Å². The molecule has 0 heterocycles. The highest BCUT2D eigenvalue weighted by Crippen LogP contribution is 2.32. The second-order valence-electron chi connectivity index (χ2n) is 6.23. The predicted octanol–water partition coefficient (Wildman–Crippen LogP) is 4.05. The normalized spacial score (nSPS) is 14.6. The van der Waals surface area contributed by atoms with Crippen LogP contribution in [-0.2, 0) is 9.59 Å². The fourth-order valence-electron chi connectivity index (χ4n) is 2.51. The first-order valence-electron chi connectivity index (χ1n) is 8.35. The van der Waals surface area contributed by atoms with Gasteiger partial charge in [0.25, 0.3) is 0 Å². The van der Waals surface area contributed by atoms with Crippen LogP contribution in [0.5, 0.6) is 0 Å². The molecule has 1 aliphatic rings. The molecule has 130 valence electrons. The van der Waals surface area contributed by atoms with E-state index in [1.165, 1.54) is 12.1 Å². The quantitative estimate of drug-likeness (QED) is 0.632. The van der Waals surface area contributed by atoms with E-state index in [4.69, 9.17) is 5.26 Å². The van der Waals surface area contributed by atoms with Crippen molar-refractivity contribution in [3.05, 3.63) is 65.5 Å². The Balaban J connectivity index is 1.62. The molecule has 1 unspecified atom stereocenters. The number of amides is 1. The first-order valence-corrected chi connectivity index (χ1v) is 8.35. The fourth-order valence-corrected chi connectivity index (χ4v) is 2.51. The Hall–Kier alpha value is -3.26. The summed E-state index contributed by atoms with van der Waals surface area (Å²) >= 11 is 0. The summed E-state index contributed by atoms with van der Waals surface area (Å²) in [5, 5.41) is 11.7. The Kier molecular flexibility index (Phi) is 5.23. The average molecular weight is 348 g/mol. The van der Waals surface area contributed by atoms with Gasteiger partial charge in [-0.2, -0.15) is 5.26 Å². The van der Waals surface area contributed by atoms with Gasteiger partial charge in [0.2, 0.25) is 5.91 Å². The molecule has 5 heteroatoms. The number of rotatable bonds is 6. The highest BCUT2D eigenvalue weighted by molar-refractivity contribution is 6.10. The van der Waals surface area contributed by atoms with Crippen molar-refractivity contribution < 1.29 is 14.0 Å². The van der Waals surface area contributed by atoms with Crippen LogP contribution in [0.4, 0.5) is 10.1 Å². The van der Waals surface area contributed by atoms with Gasteiger partial charge in [-0.1, -0.05) is 36.4 Å². The zero-order valence-electron chi connectivity index (χ0n) is 14.0. The van der Waals surface area contributed by atoms with Gasteiger partial charge >= 0.3 is 0 Å². The monoisotopic (exact) mass is 348 g/mol. The lowest BCUT2D eigenvalue weighted by molar-refractivity contribution is -0.129. The van der Waals surface area contributed by atoms with Crippen molar-refractivity contribution in [2.75, 3.05) is 5.32 Å². The average Bonchev–Trinajstić information content (AvgIpc) is 3.48. The summed E-state index contributed by atoms with van der Waals surface area (Å²) in [6, 6.07) is 15.0. The van der Waals surface area contributed by atoms with Crippen LogP contribution in [0.2, 0.25) is 0 Å². The van der Waals surface area contributed by atoms with E-state index in [0.717, 1.165) is 24.0 Å². The van der Waals surface area contributed by atoms with E-state index in [0.29, 0.717) is 5.69 Å². The highest BCUT2D eigenvalue weighted by atomic mass is 19.1. The molecule has 2 aromatic rings. The Morgan fingerprint density at radius 3 is 2.08 bits per heavy atom. The van der Waals surface area contributed by atoms with Crippen molar-refractivity contribution in [2.45, 2.75) is 12.8 Å². The molecule has 0 saturated heterocycles. The third kappa shape index (κ3) is 4.42. The molecule has 1 aliphatic carbocycles. The van der Waals surface area contributed by atoms with Gasteiger partial charge in [-0.25, -0.2) is 4.39 Å². The molecule has 26 heavy (non-hydrogen) atoms. The maximum Gasteiger partial charge on any atom is 0.249 e. The summed E-state index contributed by atoms with van der Waals surface area (Å²) in [5.74, 6) is -2.54. The SMILES string of the molecule is N#CC(C(=O)Nc1ccc(C=Cc2ccc(F)cc2)cc1)C(=O)C1CC1. The molecule has 0 bridgehead atoms. The van der Waals surface area contributed by atoms with E-state index >= 15 is 0 Å². The number of nitrogens with zero attached hydrogens (tertiary/aromatic N) is 1. The van der Waals surface area contributed by atoms with Crippen molar-refractivity contribution in [1.29, 1.82) is 5.26 Å². The van der Waals surface area contributed by atoms with Gasteiger partial charge in [0.1, 0.15) is 5.82 Å². The third-order valence-electron chi connectivity index (χ3n) is 4.17. The number of nitriles is 1. The van der Waals surface area contributed by atoms with Crippen LogP contribution in [-0.4, -0.2) is 11.7 Å². The van der Waals surface area contributed by atoms with E-state index in [2.05, 4.69) is 5.32 Å². The lowest BCUT2D eigenvalue weighted by atomic mass is 10.0. The molecule has 3 rings (SSSR count). The second-order valence-corrected chi connectivity index (χ2v) is 6.23. The molecule has 2 aromatic carbocycles. The van der Waals surface area contributed by atoms with Crippen LogP contribution in [0.3, 0.4) is 0 Å². The first kappa shape index (κ1) is 17.6. The van der Waals surface area contributed by atoms with Gasteiger partial charge in [-0.15, -0.1) is 0 Å². The number of carbonyl (C=O) groups is 2. The lowest BCUT2D eigenvalue weighted by Gasteiger charge is -2.09. The van der Waals surface area contributed by atoms with Crippen LogP contribution < -0.4 is 5.32 Å². The van der Waals surface area contributed by atoms with E-state index in [1.807, 2.05) is 12.2 Å². The molecular formula is C21H17FN2O2. The van der Waals surface area contributed by atoms with Crippen molar-refractivity contribution in [2.24, 2.45) is 11.8 Å². The number of carbonyl (C=O) groups excluding carboxylic acids is 2. The van der Waals surface area contributed by atoms with E-state index in [-0.39, 0.29) is 17.5 Å². The maximum absolute atomic E-state index is 12.9. The Morgan fingerprint density at radius 1 is 1.04 bits per heavy atom. The summed E-state index contributed by atoms with van der Waals surface area (Å²) in [6.07, 6.45) is 5.25. The molecule has 1 N–H and O–H groups in total. The molecule has 1 saturated carbocycles. The smallest absolute Gasteiger partial charge is 0.249 e. The molecular weight excluding hydrogens is 331 g/mol. The third-order valence-corrected chi connectivity index (χ3v) is 4.17. The van der Waals surface area contributed by atoms with Crippen molar-refractivity contribution in [3.8, 4) is 6.07 Å². The molecule has 0 spiro atoms. The predicted molar refractivity (Wildman–Crippen MR) is 97.2 cm³/mol. The van der Waals surface area contributed by atoms with E-state index < -0.39 is 11.8 Å². The number of benzene rings is 2. The fraction of sp³-hybridized carbons (Fsp3) is 0.190. The standard InChI is InChI=1S/C21H17FN2O2/c22-17-9-3-14(4-10-17)1-2-15-5-11-18(12-6-15)24-21(26)19(13-23)20(25)16-7-8-16/h1-6,9-12,16,19H,7-8H2,(H,24,26). The minimum absolute atomic E-state index is 0.135. The number of Topliss-reactive ketones (excluding diaryl/α,β-unsaturated/α-hetero) is 1. The Labute approximate surface area is 151 Å². The number of hydrogen-bond donors (Lipinski definition) is 1. The maximum atomic E-state index is 12.9. The highest BCUT2D eigenvalue weighted by Gasteiger charge is 2.38. The largest absolute Gasteiger partial charge is 0.325 e. The molecule has 0 radical (unpaired) electrons. The molecule has 1 amide bonds. The number of nitrogens with one attached hydrogen (secondary N) is 1. The van der Waals surface area contributed by atoms with Crippen LogP contribution >= 0.6 is 0 Å². The molecule has 0 aromatic heterocycles. The molecule has 4 nitrogen and oxygen atoms in total. The minimum atomic E-state index is -1.25. The van der Waals surface area contributed by atoms with Crippen molar-refractivity contribution in [3.63, 3.8) is 0 Å². The Morgan fingerprint density at radius 2 is 1.58 bits per heavy atom. The number of ketones is 1. The van der Waals surface area contributed by atoms with Crippen LogP contribution in [0.1, 0.15) is 24.0 Å². The molecule has 0 aliphatic heterocycles. The van der Waals surface area contributed by atoms with Gasteiger partial charge in [0.15, 0.2) is 11.7 Å². The summed E-state index contributed by atoms with van der Waals surface area (Å²) in [4.78, 5) is 24.1. The molecule has 1 fully saturated rings. The van der Waals surface area contributed by atoms with Crippen LogP contribution in [0.25, 0.3) is 12.2 Å². The van der Waals surface area contributed by atoms with Crippen molar-refractivity contribution >= 4 is 29.5 Å². The van der Waals surface area contributed by atoms with E-state index in [1.54, 1.807) is 42.5 Å². The zero-order chi connectivity index (χ0) is 18.5. The van der Waals surface area contributed by atoms with Gasteiger partial charge in [-0.3, -0.25) is 9.59 Å². The summed E-state index contributed by atoms with van der Waals surface area (Å²) < 4.78 is 12.9. The van der Waals surface area contributed by atoms with Gasteiger partial charge in [0, 0.05) is 11.6 Å². The first-order chi connectivity index (χ1) is 12.6. The van der Waals surface area contributed by atoms with Crippen LogP contribution in [0, 0.1) is 29.0 Å². The van der Waals surface area contributed by atoms with Crippen LogP contribution in [0.15, 0.2) is 48.5 Å². The van der Waals surface area contributed by atoms with Crippen molar-refractivity contribution in [1.82, 2.24) is 0 Å². The number of anilines is 1. The lowest BCUT2D eigenvalue weighted by Crippen LogP contribution is -2.29. The number of hydrogen-bond acceptors (Lipinski definition) is 3. The summed E-state index contributed by atoms with van der Waals surface area (Å²) in [6.45, 7) is 0. The summed E-state index contributed by atoms with van der Waals surface area (Å²) in [7, 11) is 0. The second kappa shape index (κ2) is 7.75. The minimum Gasteiger partial charge on any atom is -0.325 e. The van der Waals surface area contributed by atoms with Gasteiger partial charge in [-0.05, 0) is 48.2 Å². The number of halogens is 1. The Bertz CT molecular complexity index is 876. The summed E-state index contributed by atoms with van der Waals surface area (Å²) in [5.41, 5.74) is 2.30.